The van der Waals surface area contributed by atoms with E-state index in [9.17, 15) is 9.90 Å². The minimum atomic E-state index is -0.297. The second-order valence-electron chi connectivity index (χ2n) is 4.83. The predicted octanol–water partition coefficient (Wildman–Crippen LogP) is 1.45. The number of carbonyl (C=O) groups is 1. The Labute approximate surface area is 119 Å². The second-order valence-corrected chi connectivity index (χ2v) is 4.83. The van der Waals surface area contributed by atoms with Gasteiger partial charge < -0.3 is 14.6 Å². The van der Waals surface area contributed by atoms with Gasteiger partial charge in [-0.3, -0.25) is 9.69 Å². The maximum absolute atomic E-state index is 11.9. The number of aliphatic hydroxyl groups excluding tert-OH is 1. The fraction of sp³-hybridized carbons (Fsp3) is 0.533. The SMILES string of the molecule is CCOc1ccc(OC(=O)CN2CCC[C@@H]2CO)cc1. The normalized spacial score (nSPS) is 19.0. The number of aliphatic hydroxyl groups is 1. The lowest BCUT2D eigenvalue weighted by molar-refractivity contribution is -0.136. The van der Waals surface area contributed by atoms with Gasteiger partial charge in [0.15, 0.2) is 0 Å². The fourth-order valence-corrected chi connectivity index (χ4v) is 2.41. The van der Waals surface area contributed by atoms with E-state index in [-0.39, 0.29) is 25.2 Å². The first-order chi connectivity index (χ1) is 9.72. The van der Waals surface area contributed by atoms with Crippen LogP contribution in [0.3, 0.4) is 0 Å². The van der Waals surface area contributed by atoms with Gasteiger partial charge in [-0.05, 0) is 50.6 Å². The number of hydrogen-bond donors (Lipinski definition) is 1. The van der Waals surface area contributed by atoms with Gasteiger partial charge in [-0.2, -0.15) is 0 Å². The third-order valence-electron chi connectivity index (χ3n) is 3.41. The molecule has 1 aromatic carbocycles. The number of ether oxygens (including phenoxy) is 2. The molecule has 5 heteroatoms. The second kappa shape index (κ2) is 7.26. The number of hydrogen-bond acceptors (Lipinski definition) is 5. The molecule has 1 fully saturated rings. The summed E-state index contributed by atoms with van der Waals surface area (Å²) in [4.78, 5) is 13.8. The van der Waals surface area contributed by atoms with E-state index in [1.54, 1.807) is 24.3 Å². The van der Waals surface area contributed by atoms with E-state index in [0.29, 0.717) is 12.4 Å². The third-order valence-corrected chi connectivity index (χ3v) is 3.41. The molecule has 0 amide bonds. The molecular formula is C15H21NO4. The van der Waals surface area contributed by atoms with Crippen LogP contribution in [0.4, 0.5) is 0 Å². The lowest BCUT2D eigenvalue weighted by Gasteiger charge is -2.21. The van der Waals surface area contributed by atoms with Crippen molar-refractivity contribution in [3.63, 3.8) is 0 Å². The third kappa shape index (κ3) is 3.95. The number of rotatable bonds is 6. The summed E-state index contributed by atoms with van der Waals surface area (Å²) in [6.07, 6.45) is 1.95. The summed E-state index contributed by atoms with van der Waals surface area (Å²) in [5.74, 6) is 0.972. The van der Waals surface area contributed by atoms with E-state index in [2.05, 4.69) is 0 Å². The van der Waals surface area contributed by atoms with Crippen molar-refractivity contribution in [2.75, 3.05) is 26.3 Å². The van der Waals surface area contributed by atoms with Gasteiger partial charge in [0.25, 0.3) is 0 Å². The Hall–Kier alpha value is -1.59. The summed E-state index contributed by atoms with van der Waals surface area (Å²) in [5.41, 5.74) is 0. The van der Waals surface area contributed by atoms with E-state index < -0.39 is 0 Å². The topological polar surface area (TPSA) is 59.0 Å². The van der Waals surface area contributed by atoms with Crippen molar-refractivity contribution in [3.8, 4) is 11.5 Å². The zero-order valence-corrected chi connectivity index (χ0v) is 11.7. The van der Waals surface area contributed by atoms with Crippen LogP contribution in [0.1, 0.15) is 19.8 Å². The summed E-state index contributed by atoms with van der Waals surface area (Å²) in [6, 6.07) is 7.08. The largest absolute Gasteiger partial charge is 0.494 e. The van der Waals surface area contributed by atoms with Gasteiger partial charge in [0.1, 0.15) is 11.5 Å². The number of benzene rings is 1. The molecule has 1 atom stereocenters. The molecule has 5 nitrogen and oxygen atoms in total. The summed E-state index contributed by atoms with van der Waals surface area (Å²) in [7, 11) is 0. The first kappa shape index (κ1) is 14.8. The van der Waals surface area contributed by atoms with Crippen molar-refractivity contribution in [1.29, 1.82) is 0 Å². The molecule has 0 aromatic heterocycles. The molecule has 1 N–H and O–H groups in total. The van der Waals surface area contributed by atoms with Gasteiger partial charge in [0.05, 0.1) is 19.8 Å². The molecule has 1 saturated heterocycles. The van der Waals surface area contributed by atoms with Crippen LogP contribution in [-0.2, 0) is 4.79 Å². The van der Waals surface area contributed by atoms with E-state index in [1.165, 1.54) is 0 Å². The van der Waals surface area contributed by atoms with E-state index in [0.717, 1.165) is 25.1 Å². The van der Waals surface area contributed by atoms with E-state index >= 15 is 0 Å². The first-order valence-corrected chi connectivity index (χ1v) is 7.01. The summed E-state index contributed by atoms with van der Waals surface area (Å²) in [6.45, 7) is 3.68. The molecule has 20 heavy (non-hydrogen) atoms. The standard InChI is InChI=1S/C15H21NO4/c1-2-19-13-5-7-14(8-6-13)20-15(18)10-16-9-3-4-12(16)11-17/h5-8,12,17H,2-4,9-11H2,1H3/t12-/m1/s1. The lowest BCUT2D eigenvalue weighted by Crippen LogP contribution is -2.37. The maximum atomic E-state index is 11.9. The molecule has 0 bridgehead atoms. The van der Waals surface area contributed by atoms with Crippen LogP contribution < -0.4 is 9.47 Å². The van der Waals surface area contributed by atoms with Crippen LogP contribution in [0.5, 0.6) is 11.5 Å². The zero-order chi connectivity index (χ0) is 14.4. The van der Waals surface area contributed by atoms with Crippen molar-refractivity contribution >= 4 is 5.97 Å². The van der Waals surface area contributed by atoms with Crippen LogP contribution in [-0.4, -0.2) is 48.3 Å². The van der Waals surface area contributed by atoms with Crippen LogP contribution in [0, 0.1) is 0 Å². The van der Waals surface area contributed by atoms with Crippen molar-refractivity contribution in [2.24, 2.45) is 0 Å². The Balaban J connectivity index is 1.84. The average Bonchev–Trinajstić information content (AvgIpc) is 2.88. The average molecular weight is 279 g/mol. The molecule has 1 heterocycles. The number of carbonyl (C=O) groups excluding carboxylic acids is 1. The minimum Gasteiger partial charge on any atom is -0.494 e. The Kier molecular flexibility index (Phi) is 5.38. The molecule has 1 aliphatic heterocycles. The van der Waals surface area contributed by atoms with Gasteiger partial charge in [-0.15, -0.1) is 0 Å². The monoisotopic (exact) mass is 279 g/mol. The molecule has 0 spiro atoms. The molecule has 1 aliphatic rings. The first-order valence-electron chi connectivity index (χ1n) is 7.01. The smallest absolute Gasteiger partial charge is 0.325 e. The molecular weight excluding hydrogens is 258 g/mol. The number of nitrogens with zero attached hydrogens (tertiary/aromatic N) is 1. The summed E-state index contributed by atoms with van der Waals surface area (Å²) in [5, 5.41) is 9.21. The molecule has 1 aromatic rings. The van der Waals surface area contributed by atoms with Crippen LogP contribution >= 0.6 is 0 Å². The highest BCUT2D eigenvalue weighted by molar-refractivity contribution is 5.74. The Bertz CT molecular complexity index is 432. The number of esters is 1. The zero-order valence-electron chi connectivity index (χ0n) is 11.7. The highest BCUT2D eigenvalue weighted by atomic mass is 16.5. The lowest BCUT2D eigenvalue weighted by atomic mass is 10.2. The maximum Gasteiger partial charge on any atom is 0.325 e. The Morgan fingerprint density at radius 1 is 1.35 bits per heavy atom. The van der Waals surface area contributed by atoms with Gasteiger partial charge in [-0.1, -0.05) is 0 Å². The molecule has 0 unspecified atom stereocenters. The predicted molar refractivity (Wildman–Crippen MR) is 74.9 cm³/mol. The fourth-order valence-electron chi connectivity index (χ4n) is 2.41. The van der Waals surface area contributed by atoms with Crippen molar-refractivity contribution < 1.29 is 19.4 Å². The molecule has 110 valence electrons. The van der Waals surface area contributed by atoms with Gasteiger partial charge in [0.2, 0.25) is 0 Å². The molecule has 2 rings (SSSR count). The van der Waals surface area contributed by atoms with Crippen molar-refractivity contribution in [3.05, 3.63) is 24.3 Å². The van der Waals surface area contributed by atoms with Crippen LogP contribution in [0.15, 0.2) is 24.3 Å². The van der Waals surface area contributed by atoms with Crippen LogP contribution in [0.25, 0.3) is 0 Å². The van der Waals surface area contributed by atoms with Crippen LogP contribution in [0.2, 0.25) is 0 Å². The van der Waals surface area contributed by atoms with E-state index in [4.69, 9.17) is 9.47 Å². The Morgan fingerprint density at radius 2 is 2.05 bits per heavy atom. The van der Waals surface area contributed by atoms with Crippen molar-refractivity contribution in [2.45, 2.75) is 25.8 Å². The Morgan fingerprint density at radius 3 is 2.70 bits per heavy atom. The summed E-state index contributed by atoms with van der Waals surface area (Å²) < 4.78 is 10.6. The number of likely N-dealkylation sites (tertiary alicyclic amines) is 1. The minimum absolute atomic E-state index is 0.0860. The highest BCUT2D eigenvalue weighted by Gasteiger charge is 2.26. The molecule has 0 radical (unpaired) electrons. The molecule has 0 saturated carbocycles. The highest BCUT2D eigenvalue weighted by Crippen LogP contribution is 2.19. The van der Waals surface area contributed by atoms with Crippen molar-refractivity contribution in [1.82, 2.24) is 4.90 Å². The molecule has 0 aliphatic carbocycles. The van der Waals surface area contributed by atoms with Gasteiger partial charge in [0, 0.05) is 6.04 Å². The van der Waals surface area contributed by atoms with Gasteiger partial charge in [-0.25, -0.2) is 0 Å². The van der Waals surface area contributed by atoms with E-state index in [1.807, 2.05) is 11.8 Å². The van der Waals surface area contributed by atoms with Gasteiger partial charge >= 0.3 is 5.97 Å². The quantitative estimate of drug-likeness (QED) is 0.631. The summed E-state index contributed by atoms with van der Waals surface area (Å²) >= 11 is 0.